The quantitative estimate of drug-likeness (QED) is 0.779. The molecule has 1 aliphatic rings. The third-order valence-corrected chi connectivity index (χ3v) is 3.85. The average Bonchev–Trinajstić information content (AvgIpc) is 2.52. The van der Waals surface area contributed by atoms with Gasteiger partial charge in [0.1, 0.15) is 6.61 Å². The Morgan fingerprint density at radius 3 is 2.40 bits per heavy atom. The first-order valence-corrected chi connectivity index (χ1v) is 7.38. The molecule has 4 heteroatoms. The highest BCUT2D eigenvalue weighted by molar-refractivity contribution is 5.39. The van der Waals surface area contributed by atoms with E-state index in [-0.39, 0.29) is 0 Å². The number of nitrogens with one attached hydrogen (secondary N) is 1. The maximum Gasteiger partial charge on any atom is 0.161 e. The molecule has 2 rings (SSSR count). The van der Waals surface area contributed by atoms with Gasteiger partial charge in [0.05, 0.1) is 19.8 Å². The Bertz CT molecular complexity index is 389. The highest BCUT2D eigenvalue weighted by Gasteiger charge is 2.20. The zero-order valence-corrected chi connectivity index (χ0v) is 12.4. The fourth-order valence-electron chi connectivity index (χ4n) is 2.62. The second-order valence-corrected chi connectivity index (χ2v) is 5.13. The van der Waals surface area contributed by atoms with Crippen molar-refractivity contribution < 1.29 is 14.2 Å². The normalized spacial score (nSPS) is 22.5. The summed E-state index contributed by atoms with van der Waals surface area (Å²) in [5, 5.41) is 3.33. The summed E-state index contributed by atoms with van der Waals surface area (Å²) in [6.45, 7) is 1.19. The third-order valence-electron chi connectivity index (χ3n) is 3.85. The van der Waals surface area contributed by atoms with Crippen LogP contribution in [0.2, 0.25) is 0 Å². The molecular weight excluding hydrogens is 254 g/mol. The molecule has 1 N–H and O–H groups in total. The van der Waals surface area contributed by atoms with E-state index in [4.69, 9.17) is 14.2 Å². The van der Waals surface area contributed by atoms with Crippen LogP contribution < -0.4 is 14.8 Å². The molecule has 0 bridgehead atoms. The van der Waals surface area contributed by atoms with Gasteiger partial charge in [-0.05, 0) is 44.9 Å². The lowest BCUT2D eigenvalue weighted by Crippen LogP contribution is -2.33. The molecule has 1 aliphatic carbocycles. The van der Waals surface area contributed by atoms with Crippen molar-refractivity contribution in [1.82, 2.24) is 5.32 Å². The fraction of sp³-hybridized carbons (Fsp3) is 0.625. The summed E-state index contributed by atoms with van der Waals surface area (Å²) in [7, 11) is 3.69. The van der Waals surface area contributed by atoms with E-state index in [1.165, 1.54) is 12.8 Å². The molecule has 20 heavy (non-hydrogen) atoms. The number of methoxy groups -OCH3 is 1. The number of para-hydroxylation sites is 2. The zero-order valence-electron chi connectivity index (χ0n) is 12.4. The van der Waals surface area contributed by atoms with Crippen LogP contribution >= 0.6 is 0 Å². The highest BCUT2D eigenvalue weighted by atomic mass is 16.5. The fourth-order valence-corrected chi connectivity index (χ4v) is 2.62. The Kier molecular flexibility index (Phi) is 6.15. The molecule has 0 radical (unpaired) electrons. The Labute approximate surface area is 121 Å². The molecule has 4 nitrogen and oxygen atoms in total. The molecule has 0 heterocycles. The SMILES string of the molecule is CNC1CCC(OCCOc2ccccc2OC)CC1. The van der Waals surface area contributed by atoms with Crippen LogP contribution in [-0.4, -0.2) is 39.5 Å². The molecule has 1 fully saturated rings. The first kappa shape index (κ1) is 15.1. The Hall–Kier alpha value is -1.26. The summed E-state index contributed by atoms with van der Waals surface area (Å²) in [6, 6.07) is 8.35. The van der Waals surface area contributed by atoms with Gasteiger partial charge in [0, 0.05) is 6.04 Å². The molecule has 112 valence electrons. The molecule has 1 aromatic rings. The van der Waals surface area contributed by atoms with E-state index in [9.17, 15) is 0 Å². The molecule has 0 amide bonds. The van der Waals surface area contributed by atoms with Gasteiger partial charge in [0.15, 0.2) is 11.5 Å². The monoisotopic (exact) mass is 279 g/mol. The molecule has 1 aromatic carbocycles. The van der Waals surface area contributed by atoms with Crippen LogP contribution in [0.3, 0.4) is 0 Å². The van der Waals surface area contributed by atoms with Crippen LogP contribution in [0.4, 0.5) is 0 Å². The molecule has 0 aliphatic heterocycles. The Balaban J connectivity index is 1.64. The van der Waals surface area contributed by atoms with E-state index in [0.717, 1.165) is 24.3 Å². The molecule has 0 atom stereocenters. The lowest BCUT2D eigenvalue weighted by molar-refractivity contribution is 0.00818. The number of rotatable bonds is 7. The van der Waals surface area contributed by atoms with Gasteiger partial charge in [-0.3, -0.25) is 0 Å². The lowest BCUT2D eigenvalue weighted by atomic mass is 9.93. The van der Waals surface area contributed by atoms with Crippen molar-refractivity contribution in [3.63, 3.8) is 0 Å². The van der Waals surface area contributed by atoms with Gasteiger partial charge in [-0.1, -0.05) is 12.1 Å². The molecule has 1 saturated carbocycles. The van der Waals surface area contributed by atoms with Crippen molar-refractivity contribution in [2.75, 3.05) is 27.4 Å². The third kappa shape index (κ3) is 4.39. The summed E-state index contributed by atoms with van der Waals surface area (Å²) in [4.78, 5) is 0. The first-order valence-electron chi connectivity index (χ1n) is 7.38. The van der Waals surface area contributed by atoms with Gasteiger partial charge in [0.2, 0.25) is 0 Å². The van der Waals surface area contributed by atoms with E-state index in [0.29, 0.717) is 25.4 Å². The van der Waals surface area contributed by atoms with Gasteiger partial charge in [-0.2, -0.15) is 0 Å². The Morgan fingerprint density at radius 1 is 1.05 bits per heavy atom. The van der Waals surface area contributed by atoms with Crippen LogP contribution in [-0.2, 0) is 4.74 Å². The zero-order chi connectivity index (χ0) is 14.2. The second-order valence-electron chi connectivity index (χ2n) is 5.13. The van der Waals surface area contributed by atoms with E-state index in [1.54, 1.807) is 7.11 Å². The van der Waals surface area contributed by atoms with Gasteiger partial charge in [-0.25, -0.2) is 0 Å². The van der Waals surface area contributed by atoms with E-state index in [1.807, 2.05) is 31.3 Å². The lowest BCUT2D eigenvalue weighted by Gasteiger charge is -2.28. The van der Waals surface area contributed by atoms with Crippen LogP contribution in [0.1, 0.15) is 25.7 Å². The second kappa shape index (κ2) is 8.12. The largest absolute Gasteiger partial charge is 0.493 e. The minimum absolute atomic E-state index is 0.390. The smallest absolute Gasteiger partial charge is 0.161 e. The van der Waals surface area contributed by atoms with Crippen molar-refractivity contribution in [2.45, 2.75) is 37.8 Å². The van der Waals surface area contributed by atoms with Crippen molar-refractivity contribution in [2.24, 2.45) is 0 Å². The van der Waals surface area contributed by atoms with E-state index >= 15 is 0 Å². The molecule has 0 spiro atoms. The van der Waals surface area contributed by atoms with Crippen molar-refractivity contribution in [3.8, 4) is 11.5 Å². The first-order chi connectivity index (χ1) is 9.83. The molecule has 0 unspecified atom stereocenters. The van der Waals surface area contributed by atoms with Crippen LogP contribution in [0.5, 0.6) is 11.5 Å². The number of hydrogen-bond acceptors (Lipinski definition) is 4. The minimum atomic E-state index is 0.390. The standard InChI is InChI=1S/C16H25NO3/c1-17-13-7-9-14(10-8-13)19-11-12-20-16-6-4-3-5-15(16)18-2/h3-6,13-14,17H,7-12H2,1-2H3. The average molecular weight is 279 g/mol. The minimum Gasteiger partial charge on any atom is -0.493 e. The molecular formula is C16H25NO3. The summed E-state index contributed by atoms with van der Waals surface area (Å²) in [5.74, 6) is 1.54. The maximum atomic E-state index is 5.88. The summed E-state index contributed by atoms with van der Waals surface area (Å²) < 4.78 is 16.8. The van der Waals surface area contributed by atoms with Crippen LogP contribution in [0.25, 0.3) is 0 Å². The summed E-state index contributed by atoms with van der Waals surface area (Å²) >= 11 is 0. The summed E-state index contributed by atoms with van der Waals surface area (Å²) in [6.07, 6.45) is 5.07. The topological polar surface area (TPSA) is 39.7 Å². The van der Waals surface area contributed by atoms with Crippen molar-refractivity contribution >= 4 is 0 Å². The van der Waals surface area contributed by atoms with Gasteiger partial charge in [0.25, 0.3) is 0 Å². The highest BCUT2D eigenvalue weighted by Crippen LogP contribution is 2.26. The number of hydrogen-bond donors (Lipinski definition) is 1. The molecule has 0 aromatic heterocycles. The van der Waals surface area contributed by atoms with E-state index in [2.05, 4.69) is 5.32 Å². The van der Waals surface area contributed by atoms with Gasteiger partial charge < -0.3 is 19.5 Å². The van der Waals surface area contributed by atoms with Crippen molar-refractivity contribution in [3.05, 3.63) is 24.3 Å². The van der Waals surface area contributed by atoms with Gasteiger partial charge >= 0.3 is 0 Å². The number of ether oxygens (including phenoxy) is 3. The van der Waals surface area contributed by atoms with Crippen LogP contribution in [0.15, 0.2) is 24.3 Å². The summed E-state index contributed by atoms with van der Waals surface area (Å²) in [5.41, 5.74) is 0. The predicted molar refractivity (Wildman–Crippen MR) is 79.5 cm³/mol. The predicted octanol–water partition coefficient (Wildman–Crippen LogP) is 2.62. The molecule has 0 saturated heterocycles. The number of benzene rings is 1. The van der Waals surface area contributed by atoms with Crippen LogP contribution in [0, 0.1) is 0 Å². The van der Waals surface area contributed by atoms with E-state index < -0.39 is 0 Å². The maximum absolute atomic E-state index is 5.88. The Morgan fingerprint density at radius 2 is 1.75 bits per heavy atom. The van der Waals surface area contributed by atoms with Crippen molar-refractivity contribution in [1.29, 1.82) is 0 Å². The van der Waals surface area contributed by atoms with Gasteiger partial charge in [-0.15, -0.1) is 0 Å².